The molecule has 1 N–H and O–H groups in total. The summed E-state index contributed by atoms with van der Waals surface area (Å²) in [6, 6.07) is 7.48. The fraction of sp³-hybridized carbons (Fsp3) is 0.0833. The SMILES string of the molecule is Cc1ccc2c(c1)Oc1sc(Br)cc1C(=O)N2. The summed E-state index contributed by atoms with van der Waals surface area (Å²) < 4.78 is 6.66. The molecule has 0 atom stereocenters. The first kappa shape index (κ1) is 10.8. The summed E-state index contributed by atoms with van der Waals surface area (Å²) in [6.45, 7) is 1.99. The molecule has 0 saturated heterocycles. The van der Waals surface area contributed by atoms with Crippen LogP contribution in [-0.4, -0.2) is 5.91 Å². The van der Waals surface area contributed by atoms with Crippen LogP contribution in [0, 0.1) is 6.92 Å². The maximum atomic E-state index is 12.0. The predicted octanol–water partition coefficient (Wildman–Crippen LogP) is 4.18. The third-order valence-corrected chi connectivity index (χ3v) is 4.02. The van der Waals surface area contributed by atoms with Crippen LogP contribution in [0.5, 0.6) is 10.8 Å². The lowest BCUT2D eigenvalue weighted by Gasteiger charge is -2.07. The van der Waals surface area contributed by atoms with Crippen molar-refractivity contribution in [3.8, 4) is 10.8 Å². The molecule has 0 spiro atoms. The predicted molar refractivity (Wildman–Crippen MR) is 71.2 cm³/mol. The highest BCUT2D eigenvalue weighted by Gasteiger charge is 2.23. The van der Waals surface area contributed by atoms with Crippen molar-refractivity contribution in [3.63, 3.8) is 0 Å². The van der Waals surface area contributed by atoms with Crippen molar-refractivity contribution < 1.29 is 9.53 Å². The molecule has 1 amide bonds. The zero-order valence-corrected chi connectivity index (χ0v) is 11.3. The number of amides is 1. The number of hydrogen-bond donors (Lipinski definition) is 1. The van der Waals surface area contributed by atoms with E-state index >= 15 is 0 Å². The first-order valence-electron chi connectivity index (χ1n) is 5.02. The number of carbonyl (C=O) groups is 1. The molecule has 0 fully saturated rings. The summed E-state index contributed by atoms with van der Waals surface area (Å²) in [5, 5.41) is 3.46. The topological polar surface area (TPSA) is 38.3 Å². The number of aryl methyl sites for hydroxylation is 1. The third kappa shape index (κ3) is 1.85. The molecule has 1 aliphatic heterocycles. The van der Waals surface area contributed by atoms with E-state index in [9.17, 15) is 4.79 Å². The monoisotopic (exact) mass is 309 g/mol. The molecule has 2 aromatic rings. The van der Waals surface area contributed by atoms with Gasteiger partial charge in [-0.15, -0.1) is 0 Å². The van der Waals surface area contributed by atoms with Crippen LogP contribution in [0.3, 0.4) is 0 Å². The van der Waals surface area contributed by atoms with E-state index in [1.807, 2.05) is 25.1 Å². The fourth-order valence-corrected chi connectivity index (χ4v) is 3.10. The summed E-state index contributed by atoms with van der Waals surface area (Å²) in [5.41, 5.74) is 2.37. The number of benzene rings is 1. The van der Waals surface area contributed by atoms with E-state index < -0.39 is 0 Å². The Bertz CT molecular complexity index is 621. The van der Waals surface area contributed by atoms with Crippen LogP contribution < -0.4 is 10.1 Å². The van der Waals surface area contributed by atoms with Gasteiger partial charge in [-0.3, -0.25) is 4.79 Å². The molecule has 2 heterocycles. The molecule has 17 heavy (non-hydrogen) atoms. The van der Waals surface area contributed by atoms with Crippen molar-refractivity contribution >= 4 is 38.9 Å². The van der Waals surface area contributed by atoms with Gasteiger partial charge in [-0.1, -0.05) is 17.4 Å². The number of ether oxygens (including phenoxy) is 1. The summed E-state index contributed by atoms with van der Waals surface area (Å²) in [6.07, 6.45) is 0. The first-order valence-corrected chi connectivity index (χ1v) is 6.63. The lowest BCUT2D eigenvalue weighted by molar-refractivity contribution is 0.102. The lowest BCUT2D eigenvalue weighted by atomic mass is 10.2. The Morgan fingerprint density at radius 3 is 3.00 bits per heavy atom. The van der Waals surface area contributed by atoms with Crippen molar-refractivity contribution in [2.45, 2.75) is 6.92 Å². The summed E-state index contributed by atoms with van der Waals surface area (Å²) in [7, 11) is 0. The van der Waals surface area contributed by atoms with Gasteiger partial charge in [-0.05, 0) is 46.6 Å². The van der Waals surface area contributed by atoms with Crippen LogP contribution in [-0.2, 0) is 0 Å². The van der Waals surface area contributed by atoms with E-state index in [4.69, 9.17) is 4.74 Å². The number of nitrogens with one attached hydrogen (secondary N) is 1. The van der Waals surface area contributed by atoms with E-state index in [1.165, 1.54) is 11.3 Å². The van der Waals surface area contributed by atoms with Crippen LogP contribution >= 0.6 is 27.3 Å². The van der Waals surface area contributed by atoms with Gasteiger partial charge in [0.2, 0.25) is 0 Å². The van der Waals surface area contributed by atoms with Gasteiger partial charge >= 0.3 is 0 Å². The van der Waals surface area contributed by atoms with E-state index in [0.717, 1.165) is 9.35 Å². The van der Waals surface area contributed by atoms with Crippen molar-refractivity contribution in [1.82, 2.24) is 0 Å². The van der Waals surface area contributed by atoms with Crippen LogP contribution in [0.1, 0.15) is 15.9 Å². The summed E-state index contributed by atoms with van der Waals surface area (Å²) in [4.78, 5) is 12.0. The zero-order chi connectivity index (χ0) is 12.0. The van der Waals surface area contributed by atoms with Gasteiger partial charge in [0.25, 0.3) is 5.91 Å². The Kier molecular flexibility index (Phi) is 2.45. The first-order chi connectivity index (χ1) is 8.13. The largest absolute Gasteiger partial charge is 0.444 e. The molecule has 1 aromatic carbocycles. The highest BCUT2D eigenvalue weighted by molar-refractivity contribution is 9.11. The molecule has 3 nitrogen and oxygen atoms in total. The maximum absolute atomic E-state index is 12.0. The number of anilines is 1. The molecular weight excluding hydrogens is 302 g/mol. The Morgan fingerprint density at radius 2 is 2.18 bits per heavy atom. The van der Waals surface area contributed by atoms with Gasteiger partial charge in [-0.25, -0.2) is 0 Å². The zero-order valence-electron chi connectivity index (χ0n) is 8.91. The third-order valence-electron chi connectivity index (χ3n) is 2.50. The quantitative estimate of drug-likeness (QED) is 0.793. The average molecular weight is 310 g/mol. The minimum atomic E-state index is -0.135. The van der Waals surface area contributed by atoms with Crippen molar-refractivity contribution in [3.05, 3.63) is 39.2 Å². The van der Waals surface area contributed by atoms with Crippen molar-refractivity contribution in [1.29, 1.82) is 0 Å². The number of fused-ring (bicyclic) bond motifs is 2. The molecule has 3 rings (SSSR count). The van der Waals surface area contributed by atoms with Crippen LogP contribution in [0.25, 0.3) is 0 Å². The van der Waals surface area contributed by atoms with Crippen LogP contribution in [0.4, 0.5) is 5.69 Å². The average Bonchev–Trinajstić information content (AvgIpc) is 2.58. The number of hydrogen-bond acceptors (Lipinski definition) is 3. The smallest absolute Gasteiger partial charge is 0.260 e. The lowest BCUT2D eigenvalue weighted by Crippen LogP contribution is -2.09. The van der Waals surface area contributed by atoms with Gasteiger partial charge in [0.05, 0.1) is 15.0 Å². The second-order valence-electron chi connectivity index (χ2n) is 3.81. The molecule has 1 aliphatic rings. The standard InChI is InChI=1S/C12H8BrNO2S/c1-6-2-3-8-9(4-6)16-12-7(11(15)14-8)5-10(13)17-12/h2-5H,1H3,(H,14,15). The van der Waals surface area contributed by atoms with Gasteiger partial charge in [-0.2, -0.15) is 0 Å². The van der Waals surface area contributed by atoms with Crippen molar-refractivity contribution in [2.24, 2.45) is 0 Å². The second kappa shape index (κ2) is 3.85. The highest BCUT2D eigenvalue weighted by atomic mass is 79.9. The molecular formula is C12H8BrNO2S. The minimum absolute atomic E-state index is 0.135. The molecule has 0 aliphatic carbocycles. The molecule has 0 radical (unpaired) electrons. The molecule has 0 bridgehead atoms. The van der Waals surface area contributed by atoms with Crippen LogP contribution in [0.15, 0.2) is 28.1 Å². The Balaban J connectivity index is 2.16. The van der Waals surface area contributed by atoms with E-state index in [1.54, 1.807) is 6.07 Å². The number of thiophene rings is 1. The van der Waals surface area contributed by atoms with E-state index in [2.05, 4.69) is 21.2 Å². The normalized spacial score (nSPS) is 13.2. The minimum Gasteiger partial charge on any atom is -0.444 e. The maximum Gasteiger partial charge on any atom is 0.260 e. The van der Waals surface area contributed by atoms with Crippen LogP contribution in [0.2, 0.25) is 0 Å². The molecule has 0 unspecified atom stereocenters. The van der Waals surface area contributed by atoms with Gasteiger partial charge in [0, 0.05) is 0 Å². The molecule has 86 valence electrons. The number of halogens is 1. The summed E-state index contributed by atoms with van der Waals surface area (Å²) in [5.74, 6) is 0.552. The molecule has 1 aromatic heterocycles. The van der Waals surface area contributed by atoms with Gasteiger partial charge < -0.3 is 10.1 Å². The van der Waals surface area contributed by atoms with E-state index in [-0.39, 0.29) is 5.91 Å². The fourth-order valence-electron chi connectivity index (χ4n) is 1.69. The van der Waals surface area contributed by atoms with Crippen molar-refractivity contribution in [2.75, 3.05) is 5.32 Å². The molecule has 0 saturated carbocycles. The molecule has 5 heteroatoms. The second-order valence-corrected chi connectivity index (χ2v) is 6.20. The Hall–Kier alpha value is -1.33. The number of rotatable bonds is 0. The Labute approximate surface area is 111 Å². The highest BCUT2D eigenvalue weighted by Crippen LogP contribution is 2.42. The number of carbonyl (C=O) groups excluding carboxylic acids is 1. The van der Waals surface area contributed by atoms with Gasteiger partial charge in [0.15, 0.2) is 10.8 Å². The Morgan fingerprint density at radius 1 is 1.35 bits per heavy atom. The summed E-state index contributed by atoms with van der Waals surface area (Å²) >= 11 is 4.77. The van der Waals surface area contributed by atoms with E-state index in [0.29, 0.717) is 22.1 Å². The van der Waals surface area contributed by atoms with Gasteiger partial charge in [0.1, 0.15) is 0 Å².